The Balaban J connectivity index is 2.76. The molecule has 0 amide bonds. The smallest absolute Gasteiger partial charge is 0.0314 e. The molecular weight excluding hydrogens is 213 g/mol. The van der Waals surface area contributed by atoms with Crippen molar-refractivity contribution in [2.45, 2.75) is 12.8 Å². The lowest BCUT2D eigenvalue weighted by molar-refractivity contribution is 0.942. The number of allylic oxidation sites excluding steroid dienone is 4. The maximum absolute atomic E-state index is 5.60. The van der Waals surface area contributed by atoms with Crippen molar-refractivity contribution in [2.75, 3.05) is 0 Å². The average molecular weight is 221 g/mol. The minimum Gasteiger partial charge on any atom is -0.401 e. The maximum Gasteiger partial charge on any atom is 0.0314 e. The Morgan fingerprint density at radius 1 is 1.62 bits per heavy atom. The van der Waals surface area contributed by atoms with Crippen LogP contribution >= 0.6 is 22.6 Å². The summed E-state index contributed by atoms with van der Waals surface area (Å²) in [6, 6.07) is 0. The van der Waals surface area contributed by atoms with Gasteiger partial charge in [0.1, 0.15) is 0 Å². The minimum absolute atomic E-state index is 1.04. The molecule has 1 nitrogen and oxygen atoms in total. The topological polar surface area (TPSA) is 26.0 Å². The lowest BCUT2D eigenvalue weighted by Crippen LogP contribution is -2.00. The van der Waals surface area contributed by atoms with E-state index >= 15 is 0 Å². The summed E-state index contributed by atoms with van der Waals surface area (Å²) < 4.78 is 1.20. The van der Waals surface area contributed by atoms with E-state index in [4.69, 9.17) is 5.73 Å². The Morgan fingerprint density at radius 3 is 2.75 bits per heavy atom. The summed E-state index contributed by atoms with van der Waals surface area (Å²) in [5, 5.41) is 0. The van der Waals surface area contributed by atoms with Crippen LogP contribution in [0.5, 0.6) is 0 Å². The quantitative estimate of drug-likeness (QED) is 0.621. The van der Waals surface area contributed by atoms with Crippen molar-refractivity contribution in [3.05, 3.63) is 21.4 Å². The molecule has 0 atom stereocenters. The van der Waals surface area contributed by atoms with Crippen LogP contribution in [0.15, 0.2) is 21.4 Å². The summed E-state index contributed by atoms with van der Waals surface area (Å²) in [7, 11) is 0. The second-order valence-corrected chi connectivity index (χ2v) is 2.98. The summed E-state index contributed by atoms with van der Waals surface area (Å²) in [6.45, 7) is 0. The Morgan fingerprint density at radius 2 is 2.38 bits per heavy atom. The first-order valence-corrected chi connectivity index (χ1v) is 3.69. The van der Waals surface area contributed by atoms with Gasteiger partial charge in [-0.15, -0.1) is 0 Å². The van der Waals surface area contributed by atoms with Crippen molar-refractivity contribution in [3.63, 3.8) is 0 Å². The minimum atomic E-state index is 1.04. The van der Waals surface area contributed by atoms with Gasteiger partial charge in [-0.3, -0.25) is 0 Å². The zero-order valence-electron chi connectivity index (χ0n) is 4.52. The van der Waals surface area contributed by atoms with E-state index < -0.39 is 0 Å². The first-order chi connectivity index (χ1) is 3.80. The number of rotatable bonds is 0. The molecule has 0 saturated heterocycles. The van der Waals surface area contributed by atoms with Crippen LogP contribution in [0.3, 0.4) is 0 Å². The van der Waals surface area contributed by atoms with Crippen molar-refractivity contribution in [3.8, 4) is 0 Å². The summed E-state index contributed by atoms with van der Waals surface area (Å²) in [6.07, 6.45) is 6.37. The van der Waals surface area contributed by atoms with Crippen LogP contribution in [0.4, 0.5) is 0 Å². The fourth-order valence-electron chi connectivity index (χ4n) is 0.652. The zero-order chi connectivity index (χ0) is 5.98. The van der Waals surface area contributed by atoms with Gasteiger partial charge >= 0.3 is 0 Å². The molecule has 0 aromatic rings. The molecule has 0 aromatic carbocycles. The van der Waals surface area contributed by atoms with E-state index in [0.29, 0.717) is 0 Å². The molecule has 0 aromatic heterocycles. The molecule has 0 unspecified atom stereocenters. The fraction of sp³-hybridized carbons (Fsp3) is 0.333. The highest BCUT2D eigenvalue weighted by molar-refractivity contribution is 14.1. The largest absolute Gasteiger partial charge is 0.401 e. The van der Waals surface area contributed by atoms with E-state index in [9.17, 15) is 0 Å². The highest BCUT2D eigenvalue weighted by Gasteiger charge is 1.98. The Kier molecular flexibility index (Phi) is 1.94. The third kappa shape index (κ3) is 1.24. The normalized spacial score (nSPS) is 19.6. The molecule has 0 heterocycles. The number of nitrogens with two attached hydrogens (primary N) is 1. The highest BCUT2D eigenvalue weighted by Crippen LogP contribution is 2.19. The predicted octanol–water partition coefficient (Wildman–Crippen LogP) is 1.94. The van der Waals surface area contributed by atoms with Crippen molar-refractivity contribution in [1.29, 1.82) is 0 Å². The van der Waals surface area contributed by atoms with E-state index in [1.54, 1.807) is 0 Å². The maximum atomic E-state index is 5.60. The Hall–Kier alpha value is 0.01000. The Labute approximate surface area is 62.8 Å². The molecule has 0 saturated carbocycles. The van der Waals surface area contributed by atoms with Gasteiger partial charge in [0.25, 0.3) is 0 Å². The van der Waals surface area contributed by atoms with Crippen LogP contribution in [0, 0.1) is 0 Å². The van der Waals surface area contributed by atoms with Gasteiger partial charge in [-0.25, -0.2) is 0 Å². The molecule has 1 aliphatic rings. The van der Waals surface area contributed by atoms with Crippen LogP contribution in [0.2, 0.25) is 0 Å². The second-order valence-electron chi connectivity index (χ2n) is 1.81. The third-order valence-corrected chi connectivity index (χ3v) is 2.20. The van der Waals surface area contributed by atoms with Gasteiger partial charge in [-0.1, -0.05) is 12.2 Å². The standard InChI is InChI=1S/C6H8IN/c7-5-3-1-2-4-6(5)8/h1,3H,2,4,8H2. The molecule has 0 fully saturated rings. The molecule has 1 aliphatic carbocycles. The molecular formula is C6H8IN. The van der Waals surface area contributed by atoms with E-state index in [2.05, 4.69) is 34.7 Å². The lowest BCUT2D eigenvalue weighted by atomic mass is 10.1. The molecule has 2 N–H and O–H groups in total. The van der Waals surface area contributed by atoms with Crippen molar-refractivity contribution in [1.82, 2.24) is 0 Å². The summed E-state index contributed by atoms with van der Waals surface area (Å²) in [5.74, 6) is 0. The van der Waals surface area contributed by atoms with Gasteiger partial charge in [0.2, 0.25) is 0 Å². The fourth-order valence-corrected chi connectivity index (χ4v) is 1.18. The first kappa shape index (κ1) is 6.13. The predicted molar refractivity (Wildman–Crippen MR) is 43.6 cm³/mol. The summed E-state index contributed by atoms with van der Waals surface area (Å²) >= 11 is 2.25. The van der Waals surface area contributed by atoms with Crippen LogP contribution in [-0.4, -0.2) is 0 Å². The van der Waals surface area contributed by atoms with Crippen molar-refractivity contribution < 1.29 is 0 Å². The average Bonchev–Trinajstić information content (AvgIpc) is 1.77. The summed E-state index contributed by atoms with van der Waals surface area (Å²) in [5.41, 5.74) is 6.63. The van der Waals surface area contributed by atoms with E-state index in [1.807, 2.05) is 0 Å². The van der Waals surface area contributed by atoms with Crippen molar-refractivity contribution in [2.24, 2.45) is 5.73 Å². The van der Waals surface area contributed by atoms with Crippen LogP contribution < -0.4 is 5.73 Å². The van der Waals surface area contributed by atoms with E-state index in [-0.39, 0.29) is 0 Å². The van der Waals surface area contributed by atoms with Crippen LogP contribution in [-0.2, 0) is 0 Å². The SMILES string of the molecule is NC1=C(I)C=CCC1. The van der Waals surface area contributed by atoms with Gasteiger partial charge in [0.15, 0.2) is 0 Å². The number of halogens is 1. The van der Waals surface area contributed by atoms with Gasteiger partial charge in [0.05, 0.1) is 0 Å². The highest BCUT2D eigenvalue weighted by atomic mass is 127. The second kappa shape index (κ2) is 2.53. The molecule has 44 valence electrons. The summed E-state index contributed by atoms with van der Waals surface area (Å²) in [4.78, 5) is 0. The molecule has 2 heteroatoms. The van der Waals surface area contributed by atoms with E-state index in [0.717, 1.165) is 18.5 Å². The van der Waals surface area contributed by atoms with Crippen molar-refractivity contribution >= 4 is 22.6 Å². The van der Waals surface area contributed by atoms with Gasteiger partial charge in [-0.05, 0) is 35.4 Å². The number of hydrogen-bond acceptors (Lipinski definition) is 1. The number of hydrogen-bond donors (Lipinski definition) is 1. The first-order valence-electron chi connectivity index (χ1n) is 2.61. The molecule has 1 rings (SSSR count). The molecule has 0 bridgehead atoms. The van der Waals surface area contributed by atoms with E-state index in [1.165, 1.54) is 3.58 Å². The molecule has 0 aliphatic heterocycles. The van der Waals surface area contributed by atoms with Crippen LogP contribution in [0.1, 0.15) is 12.8 Å². The Bertz CT molecular complexity index is 147. The molecule has 0 spiro atoms. The van der Waals surface area contributed by atoms with Gasteiger partial charge in [-0.2, -0.15) is 0 Å². The molecule has 0 radical (unpaired) electrons. The van der Waals surface area contributed by atoms with Gasteiger partial charge < -0.3 is 5.73 Å². The lowest BCUT2D eigenvalue weighted by Gasteiger charge is -2.04. The van der Waals surface area contributed by atoms with Gasteiger partial charge in [0, 0.05) is 9.28 Å². The van der Waals surface area contributed by atoms with Crippen LogP contribution in [0.25, 0.3) is 0 Å². The monoisotopic (exact) mass is 221 g/mol. The zero-order valence-corrected chi connectivity index (χ0v) is 6.68. The third-order valence-electron chi connectivity index (χ3n) is 1.15. The molecule has 8 heavy (non-hydrogen) atoms.